The van der Waals surface area contributed by atoms with E-state index in [1.54, 1.807) is 6.33 Å². The number of hydrogen-bond acceptors (Lipinski definition) is 7. The van der Waals surface area contributed by atoms with Crippen molar-refractivity contribution in [1.82, 2.24) is 20.2 Å². The molecule has 5 rings (SSSR count). The number of amides is 1. The van der Waals surface area contributed by atoms with Gasteiger partial charge in [-0.25, -0.2) is 9.97 Å². The fourth-order valence-electron chi connectivity index (χ4n) is 5.34. The summed E-state index contributed by atoms with van der Waals surface area (Å²) in [5.74, 6) is 0.979. The molecule has 0 radical (unpaired) electrons. The van der Waals surface area contributed by atoms with Crippen molar-refractivity contribution >= 4 is 23.3 Å². The number of aliphatic hydroxyl groups excluding tert-OH is 1. The fourth-order valence-corrected chi connectivity index (χ4v) is 5.46. The molecule has 4 atom stereocenters. The smallest absolute Gasteiger partial charge is 0.231 e. The Morgan fingerprint density at radius 2 is 2.00 bits per heavy atom. The van der Waals surface area contributed by atoms with E-state index in [2.05, 4.69) is 27.1 Å². The quantitative estimate of drug-likeness (QED) is 0.649. The Morgan fingerprint density at radius 3 is 2.71 bits per heavy atom. The van der Waals surface area contributed by atoms with Crippen LogP contribution in [-0.2, 0) is 9.53 Å². The summed E-state index contributed by atoms with van der Waals surface area (Å²) in [6.07, 6.45) is 2.67. The maximum absolute atomic E-state index is 13.7. The molecule has 9 heteroatoms. The van der Waals surface area contributed by atoms with E-state index in [0.29, 0.717) is 50.8 Å². The van der Waals surface area contributed by atoms with Crippen molar-refractivity contribution in [3.63, 3.8) is 0 Å². The molecule has 34 heavy (non-hydrogen) atoms. The van der Waals surface area contributed by atoms with Gasteiger partial charge in [0, 0.05) is 56.0 Å². The van der Waals surface area contributed by atoms with E-state index in [1.165, 1.54) is 0 Å². The van der Waals surface area contributed by atoms with Gasteiger partial charge >= 0.3 is 0 Å². The Bertz CT molecular complexity index is 1010. The van der Waals surface area contributed by atoms with Crippen LogP contribution in [0.15, 0.2) is 30.6 Å². The van der Waals surface area contributed by atoms with Gasteiger partial charge in [-0.2, -0.15) is 0 Å². The van der Waals surface area contributed by atoms with E-state index >= 15 is 0 Å². The number of ether oxygens (including phenoxy) is 1. The van der Waals surface area contributed by atoms with E-state index in [1.807, 2.05) is 29.2 Å². The van der Waals surface area contributed by atoms with Crippen LogP contribution in [0.4, 0.5) is 5.82 Å². The van der Waals surface area contributed by atoms with Crippen molar-refractivity contribution in [2.24, 2.45) is 0 Å². The van der Waals surface area contributed by atoms with Crippen LogP contribution in [0.1, 0.15) is 54.5 Å². The van der Waals surface area contributed by atoms with Crippen LogP contribution in [0.25, 0.3) is 0 Å². The normalized spacial score (nSPS) is 25.4. The number of aliphatic hydroxyl groups is 1. The summed E-state index contributed by atoms with van der Waals surface area (Å²) < 4.78 is 5.48. The average Bonchev–Trinajstić information content (AvgIpc) is 3.48. The number of hydrogen-bond donors (Lipinski definition) is 2. The number of nitrogens with one attached hydrogen (secondary N) is 1. The number of carbonyl (C=O) groups is 1. The van der Waals surface area contributed by atoms with Gasteiger partial charge in [-0.15, -0.1) is 0 Å². The number of aromatic nitrogens is 2. The summed E-state index contributed by atoms with van der Waals surface area (Å²) in [7, 11) is 0. The van der Waals surface area contributed by atoms with Crippen molar-refractivity contribution in [3.8, 4) is 0 Å². The molecule has 0 spiro atoms. The molecular weight excluding hydrogens is 454 g/mol. The molecular formula is C25H32ClN5O3. The number of piperazine rings is 1. The van der Waals surface area contributed by atoms with Crippen LogP contribution in [0.2, 0.25) is 5.02 Å². The predicted molar refractivity (Wildman–Crippen MR) is 130 cm³/mol. The largest absolute Gasteiger partial charge is 0.387 e. The van der Waals surface area contributed by atoms with Crippen molar-refractivity contribution in [3.05, 3.63) is 52.4 Å². The highest BCUT2D eigenvalue weighted by Crippen LogP contribution is 2.42. The van der Waals surface area contributed by atoms with Crippen molar-refractivity contribution in [2.75, 3.05) is 50.8 Å². The van der Waals surface area contributed by atoms with Crippen LogP contribution in [0, 0.1) is 0 Å². The first-order valence-corrected chi connectivity index (χ1v) is 12.5. The zero-order valence-corrected chi connectivity index (χ0v) is 20.2. The van der Waals surface area contributed by atoms with Crippen LogP contribution < -0.4 is 10.2 Å². The Hall–Kier alpha value is -2.26. The molecule has 182 valence electrons. The number of anilines is 1. The van der Waals surface area contributed by atoms with Gasteiger partial charge in [-0.3, -0.25) is 4.79 Å². The topological polar surface area (TPSA) is 90.8 Å². The number of rotatable bonds is 6. The van der Waals surface area contributed by atoms with Crippen LogP contribution in [0.5, 0.6) is 0 Å². The number of carbonyl (C=O) groups excluding carboxylic acids is 1. The SMILES string of the molecule is C[C@@H]1C[C@H](O)c2ncnc(N3CCN(C(=O)[C@H](CNC4CCOC4)c4ccc(Cl)cc4)CC3)c21. The molecule has 1 unspecified atom stereocenters. The van der Waals surface area contributed by atoms with Crippen molar-refractivity contribution < 1.29 is 14.6 Å². The third-order valence-electron chi connectivity index (χ3n) is 7.28. The van der Waals surface area contributed by atoms with Gasteiger partial charge < -0.3 is 25.0 Å². The molecule has 3 aliphatic rings. The Morgan fingerprint density at radius 1 is 1.24 bits per heavy atom. The summed E-state index contributed by atoms with van der Waals surface area (Å²) >= 11 is 6.10. The molecule has 1 aromatic heterocycles. The van der Waals surface area contributed by atoms with E-state index < -0.39 is 6.10 Å². The summed E-state index contributed by atoms with van der Waals surface area (Å²) in [4.78, 5) is 26.7. The van der Waals surface area contributed by atoms with Crippen LogP contribution in [-0.4, -0.2) is 77.9 Å². The first kappa shape index (κ1) is 23.5. The molecule has 0 bridgehead atoms. The third kappa shape index (κ3) is 4.77. The number of halogens is 1. The minimum absolute atomic E-state index is 0.130. The zero-order valence-electron chi connectivity index (χ0n) is 19.5. The highest BCUT2D eigenvalue weighted by atomic mass is 35.5. The molecule has 2 aromatic rings. The minimum atomic E-state index is -0.521. The predicted octanol–water partition coefficient (Wildman–Crippen LogP) is 2.48. The lowest BCUT2D eigenvalue weighted by atomic mass is 9.96. The fraction of sp³-hybridized carbons (Fsp3) is 0.560. The number of fused-ring (bicyclic) bond motifs is 1. The van der Waals surface area contributed by atoms with Crippen molar-refractivity contribution in [1.29, 1.82) is 0 Å². The maximum Gasteiger partial charge on any atom is 0.231 e. The lowest BCUT2D eigenvalue weighted by Gasteiger charge is -2.38. The number of benzene rings is 1. The molecule has 1 amide bonds. The van der Waals surface area contributed by atoms with Crippen LogP contribution in [0.3, 0.4) is 0 Å². The Balaban J connectivity index is 1.28. The molecule has 2 aliphatic heterocycles. The summed E-state index contributed by atoms with van der Waals surface area (Å²) in [6, 6.07) is 7.88. The monoisotopic (exact) mass is 485 g/mol. The van der Waals surface area contributed by atoms with Gasteiger partial charge in [0.25, 0.3) is 0 Å². The highest BCUT2D eigenvalue weighted by molar-refractivity contribution is 6.30. The summed E-state index contributed by atoms with van der Waals surface area (Å²) in [6.45, 7) is 6.81. The van der Waals surface area contributed by atoms with Gasteiger partial charge in [0.15, 0.2) is 0 Å². The maximum atomic E-state index is 13.7. The molecule has 3 heterocycles. The first-order chi connectivity index (χ1) is 16.5. The lowest BCUT2D eigenvalue weighted by molar-refractivity contribution is -0.133. The molecule has 2 N–H and O–H groups in total. The Labute approximate surface area is 205 Å². The summed E-state index contributed by atoms with van der Waals surface area (Å²) in [5, 5.41) is 14.5. The van der Waals surface area contributed by atoms with Crippen molar-refractivity contribution in [2.45, 2.75) is 43.7 Å². The molecule has 1 aromatic carbocycles. The van der Waals surface area contributed by atoms with Crippen LogP contribution >= 0.6 is 11.6 Å². The standard InChI is InChI=1S/C25H32ClN5O3/c1-16-12-21(32)23-22(16)24(29-15-28-23)30-7-9-31(10-8-30)25(33)20(13-27-19-6-11-34-14-19)17-2-4-18(26)5-3-17/h2-5,15-16,19-21,27,32H,6-14H2,1H3/t16-,19?,20-,21+/m1/s1. The second-order valence-corrected chi connectivity index (χ2v) is 9.97. The van der Waals surface area contributed by atoms with Gasteiger partial charge in [0.05, 0.1) is 24.3 Å². The molecule has 2 fully saturated rings. The lowest BCUT2D eigenvalue weighted by Crippen LogP contribution is -2.51. The van der Waals surface area contributed by atoms with Gasteiger partial charge in [0.2, 0.25) is 5.91 Å². The van der Waals surface area contributed by atoms with Gasteiger partial charge in [-0.05, 0) is 36.5 Å². The zero-order chi connectivity index (χ0) is 23.7. The second-order valence-electron chi connectivity index (χ2n) is 9.53. The summed E-state index contributed by atoms with van der Waals surface area (Å²) in [5.41, 5.74) is 2.78. The molecule has 0 saturated carbocycles. The van der Waals surface area contributed by atoms with E-state index in [4.69, 9.17) is 16.3 Å². The van der Waals surface area contributed by atoms with E-state index in [0.717, 1.165) is 35.7 Å². The molecule has 1 aliphatic carbocycles. The minimum Gasteiger partial charge on any atom is -0.387 e. The van der Waals surface area contributed by atoms with Gasteiger partial charge in [0.1, 0.15) is 12.1 Å². The third-order valence-corrected chi connectivity index (χ3v) is 7.53. The molecule has 8 nitrogen and oxygen atoms in total. The number of nitrogens with zero attached hydrogens (tertiary/aromatic N) is 4. The molecule has 2 saturated heterocycles. The van der Waals surface area contributed by atoms with Gasteiger partial charge in [-0.1, -0.05) is 30.7 Å². The van der Waals surface area contributed by atoms with E-state index in [-0.39, 0.29) is 23.8 Å². The highest BCUT2D eigenvalue weighted by Gasteiger charge is 2.35. The average molecular weight is 486 g/mol. The Kier molecular flexibility index (Phi) is 7.01. The second kappa shape index (κ2) is 10.2. The first-order valence-electron chi connectivity index (χ1n) is 12.1. The van der Waals surface area contributed by atoms with E-state index in [9.17, 15) is 9.90 Å².